The van der Waals surface area contributed by atoms with Gasteiger partial charge in [-0.05, 0) is 17.9 Å². The standard InChI is InChI=1S/C11H16FNO/c1-4-11(2,3)10(14)8-5-6-13-7-9(8)12/h5-7,10,14H,4H2,1-3H3. The Morgan fingerprint density at radius 2 is 2.21 bits per heavy atom. The van der Waals surface area contributed by atoms with Gasteiger partial charge in [0.1, 0.15) is 5.82 Å². The van der Waals surface area contributed by atoms with Crippen molar-refractivity contribution in [3.05, 3.63) is 29.8 Å². The van der Waals surface area contributed by atoms with Gasteiger partial charge in [0.15, 0.2) is 0 Å². The Morgan fingerprint density at radius 3 is 2.71 bits per heavy atom. The van der Waals surface area contributed by atoms with Gasteiger partial charge >= 0.3 is 0 Å². The van der Waals surface area contributed by atoms with Crippen LogP contribution in [0.2, 0.25) is 0 Å². The summed E-state index contributed by atoms with van der Waals surface area (Å²) in [6.07, 6.45) is 2.63. The van der Waals surface area contributed by atoms with Crippen LogP contribution < -0.4 is 0 Å². The lowest BCUT2D eigenvalue weighted by Gasteiger charge is -2.29. The zero-order valence-corrected chi connectivity index (χ0v) is 8.79. The Hall–Kier alpha value is -0.960. The summed E-state index contributed by atoms with van der Waals surface area (Å²) in [5, 5.41) is 9.96. The van der Waals surface area contributed by atoms with E-state index in [1.165, 1.54) is 12.3 Å². The molecule has 78 valence electrons. The van der Waals surface area contributed by atoms with Gasteiger partial charge in [-0.15, -0.1) is 0 Å². The van der Waals surface area contributed by atoms with Gasteiger partial charge < -0.3 is 5.11 Å². The van der Waals surface area contributed by atoms with Crippen LogP contribution in [0, 0.1) is 11.2 Å². The van der Waals surface area contributed by atoms with Gasteiger partial charge in [-0.3, -0.25) is 4.98 Å². The van der Waals surface area contributed by atoms with E-state index in [9.17, 15) is 9.50 Å². The Balaban J connectivity index is 3.00. The molecule has 3 heteroatoms. The molecule has 0 aliphatic carbocycles. The summed E-state index contributed by atoms with van der Waals surface area (Å²) in [6.45, 7) is 5.80. The first-order chi connectivity index (χ1) is 6.49. The monoisotopic (exact) mass is 197 g/mol. The number of hydrogen-bond acceptors (Lipinski definition) is 2. The van der Waals surface area contributed by atoms with Crippen molar-refractivity contribution in [2.75, 3.05) is 0 Å². The van der Waals surface area contributed by atoms with Crippen molar-refractivity contribution >= 4 is 0 Å². The van der Waals surface area contributed by atoms with E-state index in [-0.39, 0.29) is 5.41 Å². The maximum atomic E-state index is 13.3. The number of hydrogen-bond donors (Lipinski definition) is 1. The molecule has 1 N–H and O–H groups in total. The molecule has 0 saturated heterocycles. The van der Waals surface area contributed by atoms with Crippen LogP contribution in [0.15, 0.2) is 18.5 Å². The summed E-state index contributed by atoms with van der Waals surface area (Å²) in [4.78, 5) is 3.65. The first kappa shape index (κ1) is 11.1. The molecule has 0 fully saturated rings. The molecule has 0 aliphatic heterocycles. The quantitative estimate of drug-likeness (QED) is 0.808. The minimum absolute atomic E-state index is 0.317. The number of aromatic nitrogens is 1. The number of halogens is 1. The molecule has 1 rings (SSSR count). The highest BCUT2D eigenvalue weighted by atomic mass is 19.1. The highest BCUT2D eigenvalue weighted by Gasteiger charge is 2.28. The number of aliphatic hydroxyl groups excluding tert-OH is 1. The third kappa shape index (κ3) is 2.10. The summed E-state index contributed by atoms with van der Waals surface area (Å²) in [7, 11) is 0. The van der Waals surface area contributed by atoms with Crippen molar-refractivity contribution in [1.82, 2.24) is 4.98 Å². The summed E-state index contributed by atoms with van der Waals surface area (Å²) < 4.78 is 13.3. The minimum Gasteiger partial charge on any atom is -0.388 e. The zero-order chi connectivity index (χ0) is 10.8. The summed E-state index contributed by atoms with van der Waals surface area (Å²) in [6, 6.07) is 1.53. The lowest BCUT2D eigenvalue weighted by atomic mass is 9.80. The summed E-state index contributed by atoms with van der Waals surface area (Å²) in [5.74, 6) is -0.443. The molecule has 1 atom stereocenters. The fourth-order valence-corrected chi connectivity index (χ4v) is 1.22. The van der Waals surface area contributed by atoms with Gasteiger partial charge in [0.25, 0.3) is 0 Å². The smallest absolute Gasteiger partial charge is 0.147 e. The van der Waals surface area contributed by atoms with Crippen LogP contribution in [0.4, 0.5) is 4.39 Å². The van der Waals surface area contributed by atoms with Gasteiger partial charge in [0.05, 0.1) is 12.3 Å². The van der Waals surface area contributed by atoms with Crippen molar-refractivity contribution < 1.29 is 9.50 Å². The molecule has 0 amide bonds. The molecule has 1 unspecified atom stereocenters. The molecular formula is C11H16FNO. The average molecular weight is 197 g/mol. The van der Waals surface area contributed by atoms with E-state index in [1.807, 2.05) is 20.8 Å². The molecule has 2 nitrogen and oxygen atoms in total. The molecule has 1 aromatic rings. The molecule has 0 radical (unpaired) electrons. The average Bonchev–Trinajstić information content (AvgIpc) is 2.17. The van der Waals surface area contributed by atoms with Crippen LogP contribution in [0.5, 0.6) is 0 Å². The molecule has 0 aromatic carbocycles. The van der Waals surface area contributed by atoms with E-state index in [4.69, 9.17) is 0 Å². The Labute approximate surface area is 83.8 Å². The Kier molecular flexibility index (Phi) is 3.21. The van der Waals surface area contributed by atoms with Gasteiger partial charge in [-0.2, -0.15) is 0 Å². The normalized spacial score (nSPS) is 14.1. The molecule has 0 spiro atoms. The Bertz CT molecular complexity index is 312. The Morgan fingerprint density at radius 1 is 1.57 bits per heavy atom. The van der Waals surface area contributed by atoms with Crippen molar-refractivity contribution in [2.45, 2.75) is 33.3 Å². The van der Waals surface area contributed by atoms with Crippen LogP contribution in [0.3, 0.4) is 0 Å². The van der Waals surface area contributed by atoms with Crippen molar-refractivity contribution in [1.29, 1.82) is 0 Å². The van der Waals surface area contributed by atoms with Gasteiger partial charge in [0, 0.05) is 11.8 Å². The molecule has 0 saturated carbocycles. The third-order valence-electron chi connectivity index (χ3n) is 2.75. The molecule has 0 bridgehead atoms. The van der Waals surface area contributed by atoms with Gasteiger partial charge in [0.2, 0.25) is 0 Å². The van der Waals surface area contributed by atoms with E-state index in [0.717, 1.165) is 12.6 Å². The van der Waals surface area contributed by atoms with E-state index < -0.39 is 11.9 Å². The predicted molar refractivity (Wildman–Crippen MR) is 53.2 cm³/mol. The number of pyridine rings is 1. The van der Waals surface area contributed by atoms with Crippen molar-refractivity contribution in [3.63, 3.8) is 0 Å². The first-order valence-electron chi connectivity index (χ1n) is 4.76. The number of aliphatic hydroxyl groups is 1. The van der Waals surface area contributed by atoms with E-state index >= 15 is 0 Å². The molecule has 0 aliphatic rings. The highest BCUT2D eigenvalue weighted by Crippen LogP contribution is 2.36. The van der Waals surface area contributed by atoms with E-state index in [0.29, 0.717) is 5.56 Å². The number of nitrogens with zero attached hydrogens (tertiary/aromatic N) is 1. The van der Waals surface area contributed by atoms with E-state index in [1.54, 1.807) is 0 Å². The van der Waals surface area contributed by atoms with E-state index in [2.05, 4.69) is 4.98 Å². The van der Waals surface area contributed by atoms with Gasteiger partial charge in [-0.1, -0.05) is 20.8 Å². The summed E-state index contributed by atoms with van der Waals surface area (Å²) in [5.41, 5.74) is 0.00852. The van der Waals surface area contributed by atoms with Crippen LogP contribution in [-0.4, -0.2) is 10.1 Å². The minimum atomic E-state index is -0.782. The van der Waals surface area contributed by atoms with Gasteiger partial charge in [-0.25, -0.2) is 4.39 Å². The van der Waals surface area contributed by atoms with Crippen molar-refractivity contribution in [2.24, 2.45) is 5.41 Å². The fourth-order valence-electron chi connectivity index (χ4n) is 1.22. The first-order valence-corrected chi connectivity index (χ1v) is 4.76. The predicted octanol–water partition coefficient (Wildman–Crippen LogP) is 2.69. The SMILES string of the molecule is CCC(C)(C)C(O)c1ccncc1F. The second kappa shape index (κ2) is 4.05. The topological polar surface area (TPSA) is 33.1 Å². The zero-order valence-electron chi connectivity index (χ0n) is 8.79. The molecule has 1 aromatic heterocycles. The highest BCUT2D eigenvalue weighted by molar-refractivity contribution is 5.17. The largest absolute Gasteiger partial charge is 0.388 e. The second-order valence-corrected chi connectivity index (χ2v) is 4.14. The second-order valence-electron chi connectivity index (χ2n) is 4.14. The molecular weight excluding hydrogens is 181 g/mol. The van der Waals surface area contributed by atoms with Crippen LogP contribution in [0.25, 0.3) is 0 Å². The van der Waals surface area contributed by atoms with Crippen LogP contribution >= 0.6 is 0 Å². The lowest BCUT2D eigenvalue weighted by Crippen LogP contribution is -2.22. The lowest BCUT2D eigenvalue weighted by molar-refractivity contribution is 0.0435. The van der Waals surface area contributed by atoms with Crippen LogP contribution in [-0.2, 0) is 0 Å². The summed E-state index contributed by atoms with van der Waals surface area (Å²) >= 11 is 0. The fraction of sp³-hybridized carbons (Fsp3) is 0.545. The molecule has 14 heavy (non-hydrogen) atoms. The van der Waals surface area contributed by atoms with Crippen molar-refractivity contribution in [3.8, 4) is 0 Å². The van der Waals surface area contributed by atoms with Crippen LogP contribution in [0.1, 0.15) is 38.9 Å². The number of rotatable bonds is 3. The third-order valence-corrected chi connectivity index (χ3v) is 2.75. The maximum Gasteiger partial charge on any atom is 0.147 e. The maximum absolute atomic E-state index is 13.3. The molecule has 1 heterocycles.